The summed E-state index contributed by atoms with van der Waals surface area (Å²) in [5.74, 6) is -2.52. The van der Waals surface area contributed by atoms with Gasteiger partial charge in [-0.05, 0) is 88.6 Å². The Morgan fingerprint density at radius 2 is 0.857 bits per heavy atom. The van der Waals surface area contributed by atoms with Gasteiger partial charge in [0.2, 0.25) is 11.8 Å². The van der Waals surface area contributed by atoms with Gasteiger partial charge >= 0.3 is 18.0 Å². The largest absolute Gasteiger partial charge is 0.469 e. The zero-order chi connectivity index (χ0) is 61.0. The summed E-state index contributed by atoms with van der Waals surface area (Å²) in [6.45, 7) is 17.7. The van der Waals surface area contributed by atoms with Gasteiger partial charge in [0, 0.05) is 43.9 Å². The summed E-state index contributed by atoms with van der Waals surface area (Å²) in [4.78, 5) is 62.3. The fraction of sp³-hybridized carbons (Fsp3) is 0.702. The van der Waals surface area contributed by atoms with Gasteiger partial charge in [0.05, 0.1) is 190 Å². The summed E-state index contributed by atoms with van der Waals surface area (Å²) in [6, 6.07) is 13.0. The molecule has 0 bridgehead atoms. The summed E-state index contributed by atoms with van der Waals surface area (Å²) >= 11 is 0. The van der Waals surface area contributed by atoms with Crippen molar-refractivity contribution in [3.05, 3.63) is 48.5 Å². The average Bonchev–Trinajstić information content (AvgIpc) is 3.57. The Labute approximate surface area is 494 Å². The zero-order valence-corrected chi connectivity index (χ0v) is 50.0. The standard InChI is InChI=1S/C57H95N7O20/c1-57(2,3)84-56(69)62-51(55(68)71-5)45-46(54(67)70-4)7-6-8-53(66)61-48-11-15-50(16-12-48)64-63-49-13-9-47(10-14-49)59-19-20-60-52(65)17-21-72-23-25-74-27-29-76-31-33-78-35-37-80-39-41-82-43-44-83-42-40-81-38-36-79-34-32-77-30-28-75-26-24-73-22-18-58/h9-16,46,51,59H,6-8,17-45,58H2,1-5H3,(H,60,65)(H,61,66)(H,62,69)/b64-63+/t46-,51-/m0/s1. The van der Waals surface area contributed by atoms with Gasteiger partial charge in [0.1, 0.15) is 11.6 Å². The molecule has 84 heavy (non-hydrogen) atoms. The van der Waals surface area contributed by atoms with Gasteiger partial charge in [-0.3, -0.25) is 14.4 Å². The third kappa shape index (κ3) is 43.1. The van der Waals surface area contributed by atoms with Crippen molar-refractivity contribution < 1.29 is 95.0 Å². The van der Waals surface area contributed by atoms with Crippen molar-refractivity contribution in [3.8, 4) is 0 Å². The van der Waals surface area contributed by atoms with E-state index in [2.05, 4.69) is 31.5 Å². The van der Waals surface area contributed by atoms with Crippen molar-refractivity contribution in [2.24, 2.45) is 21.9 Å². The minimum atomic E-state index is -1.16. The number of benzene rings is 2. The third-order valence-electron chi connectivity index (χ3n) is 11.1. The molecule has 0 aliphatic carbocycles. The number of nitrogens with two attached hydrogens (primary N) is 1. The van der Waals surface area contributed by atoms with Gasteiger partial charge in [-0.1, -0.05) is 0 Å². The van der Waals surface area contributed by atoms with Gasteiger partial charge in [-0.25, -0.2) is 9.59 Å². The van der Waals surface area contributed by atoms with Crippen molar-refractivity contribution in [3.63, 3.8) is 0 Å². The minimum Gasteiger partial charge on any atom is -0.469 e. The molecule has 2 rings (SSSR count). The molecule has 0 aliphatic rings. The number of hydrogen-bond acceptors (Lipinski definition) is 24. The third-order valence-corrected chi connectivity index (χ3v) is 11.1. The molecule has 2 atom stereocenters. The first kappa shape index (κ1) is 74.6. The number of nitrogens with zero attached hydrogens (tertiary/aromatic N) is 2. The van der Waals surface area contributed by atoms with E-state index < -0.39 is 35.6 Å². The van der Waals surface area contributed by atoms with Crippen LogP contribution in [0.5, 0.6) is 0 Å². The molecule has 0 aliphatic heterocycles. The first-order chi connectivity index (χ1) is 40.8. The van der Waals surface area contributed by atoms with Crippen LogP contribution in [0.2, 0.25) is 0 Å². The summed E-state index contributed by atoms with van der Waals surface area (Å²) in [5.41, 5.74) is 7.14. The Morgan fingerprint density at radius 3 is 1.24 bits per heavy atom. The second-order valence-corrected chi connectivity index (χ2v) is 19.1. The Balaban J connectivity index is 1.38. The number of anilines is 2. The number of esters is 2. The number of carbonyl (C=O) groups is 5. The lowest BCUT2D eigenvalue weighted by atomic mass is 9.94. The Kier molecular flexibility index (Phi) is 45.1. The van der Waals surface area contributed by atoms with Crippen molar-refractivity contribution in [1.29, 1.82) is 0 Å². The lowest BCUT2D eigenvalue weighted by Crippen LogP contribution is -2.45. The lowest BCUT2D eigenvalue weighted by Gasteiger charge is -2.24. The number of azo groups is 1. The lowest BCUT2D eigenvalue weighted by molar-refractivity contribution is -0.148. The molecule has 0 heterocycles. The molecule has 2 aromatic rings. The number of amides is 3. The van der Waals surface area contributed by atoms with Gasteiger partial charge in [0.15, 0.2) is 0 Å². The molecule has 27 nitrogen and oxygen atoms in total. The molecule has 0 fully saturated rings. The maximum Gasteiger partial charge on any atom is 0.408 e. The summed E-state index contributed by atoms with van der Waals surface area (Å²) in [6.07, 6.45) is -0.102. The highest BCUT2D eigenvalue weighted by molar-refractivity contribution is 5.91. The molecule has 3 amide bonds. The molecule has 0 saturated heterocycles. The molecule has 2 aromatic carbocycles. The van der Waals surface area contributed by atoms with E-state index in [-0.39, 0.29) is 44.1 Å². The van der Waals surface area contributed by atoms with Crippen LogP contribution in [0.25, 0.3) is 0 Å². The number of hydrogen-bond donors (Lipinski definition) is 5. The zero-order valence-electron chi connectivity index (χ0n) is 50.0. The van der Waals surface area contributed by atoms with E-state index >= 15 is 0 Å². The van der Waals surface area contributed by atoms with Crippen LogP contribution < -0.4 is 27.0 Å². The van der Waals surface area contributed by atoms with Crippen LogP contribution in [0.4, 0.5) is 27.5 Å². The monoisotopic (exact) mass is 1200 g/mol. The average molecular weight is 1200 g/mol. The number of carbonyl (C=O) groups excluding carboxylic acids is 5. The van der Waals surface area contributed by atoms with Crippen LogP contribution in [-0.2, 0) is 90.2 Å². The first-order valence-corrected chi connectivity index (χ1v) is 28.5. The summed E-state index contributed by atoms with van der Waals surface area (Å²) in [7, 11) is 2.40. The highest BCUT2D eigenvalue weighted by atomic mass is 16.6. The molecule has 0 aromatic heterocycles. The summed E-state index contributed by atoms with van der Waals surface area (Å²) < 4.78 is 80.6. The van der Waals surface area contributed by atoms with Crippen molar-refractivity contribution in [1.82, 2.24) is 10.6 Å². The van der Waals surface area contributed by atoms with Gasteiger partial charge in [-0.15, -0.1) is 0 Å². The summed E-state index contributed by atoms with van der Waals surface area (Å²) in [5, 5.41) is 20.0. The second-order valence-electron chi connectivity index (χ2n) is 19.1. The van der Waals surface area contributed by atoms with Crippen LogP contribution in [0, 0.1) is 5.92 Å². The molecule has 27 heteroatoms. The highest BCUT2D eigenvalue weighted by Crippen LogP contribution is 2.23. The van der Waals surface area contributed by atoms with Crippen LogP contribution in [0.1, 0.15) is 52.9 Å². The van der Waals surface area contributed by atoms with E-state index in [0.717, 1.165) is 5.69 Å². The van der Waals surface area contributed by atoms with E-state index in [9.17, 15) is 24.0 Å². The molecule has 0 radical (unpaired) electrons. The number of rotatable bonds is 54. The van der Waals surface area contributed by atoms with Crippen LogP contribution in [0.15, 0.2) is 58.8 Å². The van der Waals surface area contributed by atoms with Crippen LogP contribution in [-0.4, -0.2) is 234 Å². The molecule has 0 saturated carbocycles. The van der Waals surface area contributed by atoms with Crippen LogP contribution in [0.3, 0.4) is 0 Å². The molecular formula is C57H95N7O20. The van der Waals surface area contributed by atoms with Crippen molar-refractivity contribution >= 4 is 52.6 Å². The molecule has 6 N–H and O–H groups in total. The van der Waals surface area contributed by atoms with Crippen molar-refractivity contribution in [2.45, 2.75) is 64.5 Å². The first-order valence-electron chi connectivity index (χ1n) is 28.5. The van der Waals surface area contributed by atoms with Crippen molar-refractivity contribution in [2.75, 3.05) is 203 Å². The van der Waals surface area contributed by atoms with Gasteiger partial charge < -0.3 is 98.1 Å². The minimum absolute atomic E-state index is 0.0851. The number of nitrogens with one attached hydrogen (secondary N) is 4. The predicted octanol–water partition coefficient (Wildman–Crippen LogP) is 4.53. The molecule has 0 spiro atoms. The van der Waals surface area contributed by atoms with Gasteiger partial charge in [0.25, 0.3) is 0 Å². The SMILES string of the molecule is COC(=O)[C@@H](CCCC(=O)Nc1ccc(/N=N/c2ccc(NCCNC(=O)CCOCCOCCOCCOCCOCCOCCOCCOCCOCCOCCOCCOCCN)cc2)cc1)C[C@H](NC(=O)OC(C)(C)C)C(=O)OC. The fourth-order valence-corrected chi connectivity index (χ4v) is 6.96. The molecule has 0 unspecified atom stereocenters. The van der Waals surface area contributed by atoms with Crippen LogP contribution >= 0.6 is 0 Å². The number of ether oxygens (including phenoxy) is 15. The number of methoxy groups -OCH3 is 2. The molecule has 478 valence electrons. The second kappa shape index (κ2) is 50.8. The van der Waals surface area contributed by atoms with E-state index in [1.165, 1.54) is 14.2 Å². The normalized spacial score (nSPS) is 12.2. The maximum absolute atomic E-state index is 12.7. The smallest absolute Gasteiger partial charge is 0.408 e. The van der Waals surface area contributed by atoms with Gasteiger partial charge in [-0.2, -0.15) is 10.2 Å². The maximum atomic E-state index is 12.7. The van der Waals surface area contributed by atoms with E-state index in [1.54, 1.807) is 45.0 Å². The highest BCUT2D eigenvalue weighted by Gasteiger charge is 2.31. The van der Waals surface area contributed by atoms with E-state index in [4.69, 9.17) is 76.8 Å². The van der Waals surface area contributed by atoms with E-state index in [0.29, 0.717) is 195 Å². The predicted molar refractivity (Wildman–Crippen MR) is 310 cm³/mol. The number of alkyl carbamates (subject to hydrolysis) is 1. The molecular weight excluding hydrogens is 1100 g/mol. The Morgan fingerprint density at radius 1 is 0.476 bits per heavy atom. The fourth-order valence-electron chi connectivity index (χ4n) is 6.96. The quantitative estimate of drug-likeness (QED) is 0.0263. The van der Waals surface area contributed by atoms with E-state index in [1.807, 2.05) is 24.3 Å². The Hall–Kier alpha value is -5.53. The topological polar surface area (TPSA) is 323 Å². The Bertz CT molecular complexity index is 2020.